The van der Waals surface area contributed by atoms with E-state index in [-0.39, 0.29) is 41.6 Å². The number of benzene rings is 2. The van der Waals surface area contributed by atoms with E-state index in [1.165, 1.54) is 12.1 Å². The second kappa shape index (κ2) is 7.45. The first kappa shape index (κ1) is 20.7. The number of amides is 1. The Morgan fingerprint density at radius 1 is 1.15 bits per heavy atom. The second-order valence-electron chi connectivity index (χ2n) is 8.25. The molecule has 0 bridgehead atoms. The van der Waals surface area contributed by atoms with E-state index in [0.29, 0.717) is 35.5 Å². The molecule has 2 aliphatic heterocycles. The predicted octanol–water partition coefficient (Wildman–Crippen LogP) is 3.82. The van der Waals surface area contributed by atoms with Crippen molar-refractivity contribution < 1.29 is 14.0 Å². The number of allylic oxidation sites excluding steroid dienone is 1. The minimum Gasteiger partial charge on any atom is -0.384 e. The van der Waals surface area contributed by atoms with Crippen molar-refractivity contribution in [2.45, 2.75) is 24.7 Å². The van der Waals surface area contributed by atoms with Gasteiger partial charge in [-0.1, -0.05) is 24.3 Å². The van der Waals surface area contributed by atoms with Gasteiger partial charge in [-0.05, 0) is 43.2 Å². The topological polar surface area (TPSA) is 90.4 Å². The van der Waals surface area contributed by atoms with Crippen LogP contribution in [0.15, 0.2) is 83.9 Å². The first-order valence-electron chi connectivity index (χ1n) is 10.7. The molecule has 6 nitrogen and oxygen atoms in total. The molecule has 0 fully saturated rings. The van der Waals surface area contributed by atoms with Crippen molar-refractivity contribution in [1.29, 1.82) is 5.26 Å². The number of anilines is 2. The molecule has 2 N–H and O–H groups in total. The number of nitriles is 1. The smallest absolute Gasteiger partial charge is 0.248 e. The molecular formula is C26H21FN4O2. The fraction of sp³-hybridized carbons (Fsp3) is 0.192. The van der Waals surface area contributed by atoms with Crippen LogP contribution in [0.3, 0.4) is 0 Å². The van der Waals surface area contributed by atoms with Gasteiger partial charge >= 0.3 is 0 Å². The molecular weight excluding hydrogens is 419 g/mol. The van der Waals surface area contributed by atoms with Gasteiger partial charge in [0.1, 0.15) is 23.1 Å². The molecule has 1 aliphatic carbocycles. The van der Waals surface area contributed by atoms with Gasteiger partial charge in [-0.15, -0.1) is 6.58 Å². The number of hydrogen-bond acceptors (Lipinski definition) is 5. The number of fused-ring (bicyclic) bond motifs is 3. The van der Waals surface area contributed by atoms with Gasteiger partial charge in [0, 0.05) is 41.2 Å². The number of nitrogens with two attached hydrogens (primary N) is 1. The normalized spacial score (nSPS) is 21.9. The van der Waals surface area contributed by atoms with Crippen molar-refractivity contribution in [2.24, 2.45) is 5.73 Å². The van der Waals surface area contributed by atoms with Gasteiger partial charge < -0.3 is 10.6 Å². The highest BCUT2D eigenvalue weighted by molar-refractivity contribution is 6.20. The van der Waals surface area contributed by atoms with Gasteiger partial charge in [0.15, 0.2) is 5.78 Å². The van der Waals surface area contributed by atoms with Gasteiger partial charge in [-0.25, -0.2) is 4.39 Å². The summed E-state index contributed by atoms with van der Waals surface area (Å²) in [5.41, 5.74) is 7.59. The zero-order valence-corrected chi connectivity index (χ0v) is 17.8. The van der Waals surface area contributed by atoms with E-state index in [9.17, 15) is 19.2 Å². The van der Waals surface area contributed by atoms with Crippen molar-refractivity contribution >= 4 is 23.1 Å². The van der Waals surface area contributed by atoms with Crippen LogP contribution in [0, 0.1) is 17.1 Å². The van der Waals surface area contributed by atoms with Gasteiger partial charge in [-0.3, -0.25) is 14.5 Å². The molecule has 164 valence electrons. The summed E-state index contributed by atoms with van der Waals surface area (Å²) in [4.78, 5) is 30.8. The quantitative estimate of drug-likeness (QED) is 0.733. The van der Waals surface area contributed by atoms with E-state index in [1.807, 2.05) is 6.07 Å². The van der Waals surface area contributed by atoms with Gasteiger partial charge in [0.2, 0.25) is 5.91 Å². The van der Waals surface area contributed by atoms with E-state index < -0.39 is 11.2 Å². The highest BCUT2D eigenvalue weighted by Gasteiger charge is 2.62. The summed E-state index contributed by atoms with van der Waals surface area (Å²) in [5, 5.41) is 10.3. The number of carbonyl (C=O) groups excluding carboxylic acids is 2. The number of rotatable bonds is 3. The van der Waals surface area contributed by atoms with E-state index in [4.69, 9.17) is 5.73 Å². The van der Waals surface area contributed by atoms with E-state index >= 15 is 0 Å². The van der Waals surface area contributed by atoms with E-state index in [1.54, 1.807) is 46.2 Å². The number of para-hydroxylation sites is 1. The Morgan fingerprint density at radius 2 is 1.88 bits per heavy atom. The molecule has 0 aromatic heterocycles. The fourth-order valence-corrected chi connectivity index (χ4v) is 5.32. The zero-order valence-electron chi connectivity index (χ0n) is 17.8. The molecule has 1 amide bonds. The predicted molar refractivity (Wildman–Crippen MR) is 122 cm³/mol. The van der Waals surface area contributed by atoms with Crippen LogP contribution in [-0.2, 0) is 15.0 Å². The lowest BCUT2D eigenvalue weighted by atomic mass is 9.64. The first-order valence-corrected chi connectivity index (χ1v) is 10.7. The lowest BCUT2D eigenvalue weighted by Crippen LogP contribution is -2.52. The largest absolute Gasteiger partial charge is 0.384 e. The molecule has 2 aromatic carbocycles. The Labute approximate surface area is 190 Å². The molecule has 0 saturated carbocycles. The van der Waals surface area contributed by atoms with Crippen molar-refractivity contribution in [3.63, 3.8) is 0 Å². The summed E-state index contributed by atoms with van der Waals surface area (Å²) in [5.74, 6) is -0.915. The highest BCUT2D eigenvalue weighted by Crippen LogP contribution is 2.56. The van der Waals surface area contributed by atoms with Crippen LogP contribution >= 0.6 is 0 Å². The molecule has 1 atom stereocenters. The average Bonchev–Trinajstić information content (AvgIpc) is 3.05. The van der Waals surface area contributed by atoms with E-state index in [2.05, 4.69) is 12.6 Å². The number of hydrogen-bond donors (Lipinski definition) is 1. The monoisotopic (exact) mass is 440 g/mol. The Bertz CT molecular complexity index is 1320. The summed E-state index contributed by atoms with van der Waals surface area (Å²) < 4.78 is 13.6. The summed E-state index contributed by atoms with van der Waals surface area (Å²) >= 11 is 0. The first-order chi connectivity index (χ1) is 16.0. The lowest BCUT2D eigenvalue weighted by molar-refractivity contribution is -0.124. The maximum atomic E-state index is 14.1. The van der Waals surface area contributed by atoms with Crippen molar-refractivity contribution in [3.8, 4) is 6.07 Å². The SMILES string of the molecule is C=CCN1C(=O)[C@]2(C(C#N)=C(N)N(c3ccc(F)cc3)C3=C2C(=O)CCC3)c2ccccc21. The number of carbonyl (C=O) groups is 2. The number of Topliss-reactive ketones (excluding diaryl/α,β-unsaturated/α-hetero) is 1. The van der Waals surface area contributed by atoms with Crippen LogP contribution in [0.1, 0.15) is 24.8 Å². The molecule has 2 heterocycles. The van der Waals surface area contributed by atoms with Crippen LogP contribution < -0.4 is 15.5 Å². The summed E-state index contributed by atoms with van der Waals surface area (Å²) in [6, 6.07) is 15.0. The standard InChI is InChI=1S/C26H21FN4O2/c1-2-14-30-20-7-4-3-6-18(20)26(25(30)33)19(15-28)24(29)31(17-12-10-16(27)11-13-17)21-8-5-9-22(32)23(21)26/h2-4,6-7,10-13H,1,5,8-9,14,29H2/t26-/m0/s1. The molecule has 1 spiro atoms. The van der Waals surface area contributed by atoms with Crippen LogP contribution in [0.4, 0.5) is 15.8 Å². The van der Waals surface area contributed by atoms with Crippen LogP contribution in [-0.4, -0.2) is 18.2 Å². The van der Waals surface area contributed by atoms with Crippen LogP contribution in [0.5, 0.6) is 0 Å². The van der Waals surface area contributed by atoms with Crippen LogP contribution in [0.25, 0.3) is 0 Å². The molecule has 0 saturated heterocycles. The van der Waals surface area contributed by atoms with Crippen LogP contribution in [0.2, 0.25) is 0 Å². The fourth-order valence-electron chi connectivity index (χ4n) is 5.32. The van der Waals surface area contributed by atoms with Gasteiger partial charge in [0.05, 0.1) is 5.57 Å². The summed E-state index contributed by atoms with van der Waals surface area (Å²) in [6.07, 6.45) is 2.97. The molecule has 33 heavy (non-hydrogen) atoms. The Kier molecular flexibility index (Phi) is 4.68. The maximum Gasteiger partial charge on any atom is 0.248 e. The Hall–Kier alpha value is -4.18. The third-order valence-electron chi connectivity index (χ3n) is 6.57. The molecule has 0 radical (unpaired) electrons. The molecule has 3 aliphatic rings. The highest BCUT2D eigenvalue weighted by atomic mass is 19.1. The number of nitrogens with zero attached hydrogens (tertiary/aromatic N) is 3. The molecule has 7 heteroatoms. The van der Waals surface area contributed by atoms with Crippen molar-refractivity contribution in [2.75, 3.05) is 16.3 Å². The maximum absolute atomic E-state index is 14.1. The Balaban J connectivity index is 1.88. The van der Waals surface area contributed by atoms with Gasteiger partial charge in [-0.2, -0.15) is 5.26 Å². The third kappa shape index (κ3) is 2.64. The van der Waals surface area contributed by atoms with Gasteiger partial charge in [0.25, 0.3) is 0 Å². The van der Waals surface area contributed by atoms with Crippen molar-refractivity contribution in [3.05, 3.63) is 95.2 Å². The molecule has 2 aromatic rings. The van der Waals surface area contributed by atoms with E-state index in [0.717, 1.165) is 0 Å². The average molecular weight is 440 g/mol. The minimum absolute atomic E-state index is 0.00448. The number of ketones is 1. The zero-order chi connectivity index (χ0) is 23.3. The summed E-state index contributed by atoms with van der Waals surface area (Å²) in [7, 11) is 0. The number of halogens is 1. The Morgan fingerprint density at radius 3 is 2.58 bits per heavy atom. The van der Waals surface area contributed by atoms with Crippen molar-refractivity contribution in [1.82, 2.24) is 0 Å². The summed E-state index contributed by atoms with van der Waals surface area (Å²) in [6.45, 7) is 3.99. The molecule has 5 rings (SSSR count). The minimum atomic E-state index is -1.61. The second-order valence-corrected chi connectivity index (χ2v) is 8.25. The lowest BCUT2D eigenvalue weighted by Gasteiger charge is -2.43. The molecule has 0 unspecified atom stereocenters. The third-order valence-corrected chi connectivity index (χ3v) is 6.57.